The lowest BCUT2D eigenvalue weighted by molar-refractivity contribution is -0.141. The normalized spacial score (nSPS) is 29.0. The molecule has 3 aromatic carbocycles. The molecule has 9 heteroatoms. The van der Waals surface area contributed by atoms with Gasteiger partial charge in [0, 0.05) is 22.5 Å². The van der Waals surface area contributed by atoms with Gasteiger partial charge in [0.25, 0.3) is 11.8 Å². The molecule has 8 nitrogen and oxygen atoms in total. The first-order valence-corrected chi connectivity index (χ1v) is 16.3. The molecule has 4 amide bonds. The second kappa shape index (κ2) is 11.0. The van der Waals surface area contributed by atoms with Gasteiger partial charge in [0.05, 0.1) is 28.9 Å². The number of anilines is 1. The fourth-order valence-electron chi connectivity index (χ4n) is 8.36. The average Bonchev–Trinajstić information content (AvgIpc) is 3.41. The molecule has 6 unspecified atom stereocenters. The van der Waals surface area contributed by atoms with Crippen LogP contribution in [0.5, 0.6) is 5.75 Å². The number of hydrogen-bond acceptors (Lipinski definition) is 6. The Bertz CT molecular complexity index is 1760. The molecule has 2 saturated heterocycles. The van der Waals surface area contributed by atoms with Crippen molar-refractivity contribution in [1.29, 1.82) is 0 Å². The van der Waals surface area contributed by atoms with Crippen molar-refractivity contribution in [3.8, 4) is 5.75 Å². The number of phenolic OH excluding ortho intramolecular Hbond substituents is 1. The molecule has 2 heterocycles. The van der Waals surface area contributed by atoms with Gasteiger partial charge in [0.2, 0.25) is 11.8 Å². The van der Waals surface area contributed by atoms with E-state index in [9.17, 15) is 19.5 Å². The Morgan fingerprint density at radius 3 is 2.38 bits per heavy atom. The van der Waals surface area contributed by atoms with Crippen LogP contribution in [-0.2, 0) is 24.6 Å². The van der Waals surface area contributed by atoms with Crippen molar-refractivity contribution in [2.45, 2.75) is 44.4 Å². The van der Waals surface area contributed by atoms with Gasteiger partial charge in [-0.1, -0.05) is 82.5 Å². The minimum Gasteiger partial charge on any atom is -0.508 e. The number of aromatic hydroxyl groups is 1. The average molecular weight is 669 g/mol. The second-order valence-corrected chi connectivity index (χ2v) is 13.5. The molecule has 3 aromatic rings. The summed E-state index contributed by atoms with van der Waals surface area (Å²) in [6.07, 6.45) is 3.24. The standard InChI is InChI=1S/C36H34BrN3O5/c1-3-17-39-32(42)25-15-14-24-26(30(25)34(39)44)19-28-33(43)40(38-23-12-9-20(2)10-13-23)35(45)36(28,21-7-5-4-6-8-21)31(24)27-18-22(37)11-16-29(27)41/h4-14,16,18,25-26,28,30-31,38,41H,3,15,17,19H2,1-2H3. The molecule has 4 aliphatic rings. The number of hydrogen-bond donors (Lipinski definition) is 2. The molecule has 230 valence electrons. The van der Waals surface area contributed by atoms with Crippen LogP contribution in [0.25, 0.3) is 0 Å². The van der Waals surface area contributed by atoms with Gasteiger partial charge < -0.3 is 5.11 Å². The molecule has 0 radical (unpaired) electrons. The number of halogens is 1. The van der Waals surface area contributed by atoms with Gasteiger partial charge in [-0.25, -0.2) is 0 Å². The van der Waals surface area contributed by atoms with E-state index in [0.29, 0.717) is 40.7 Å². The van der Waals surface area contributed by atoms with E-state index in [1.165, 1.54) is 4.90 Å². The molecule has 0 aromatic heterocycles. The van der Waals surface area contributed by atoms with Gasteiger partial charge in [-0.2, -0.15) is 5.01 Å². The monoisotopic (exact) mass is 667 g/mol. The third-order valence-electron chi connectivity index (χ3n) is 10.2. The molecule has 2 aliphatic carbocycles. The summed E-state index contributed by atoms with van der Waals surface area (Å²) in [4.78, 5) is 58.4. The molecule has 1 saturated carbocycles. The van der Waals surface area contributed by atoms with Crippen molar-refractivity contribution >= 4 is 45.2 Å². The van der Waals surface area contributed by atoms with E-state index in [1.54, 1.807) is 18.2 Å². The summed E-state index contributed by atoms with van der Waals surface area (Å²) in [7, 11) is 0. The number of carbonyl (C=O) groups excluding carboxylic acids is 4. The summed E-state index contributed by atoms with van der Waals surface area (Å²) in [5, 5.41) is 12.6. The summed E-state index contributed by atoms with van der Waals surface area (Å²) in [6.45, 7) is 4.25. The van der Waals surface area contributed by atoms with Gasteiger partial charge in [-0.15, -0.1) is 0 Å². The fourth-order valence-corrected chi connectivity index (χ4v) is 8.74. The van der Waals surface area contributed by atoms with E-state index >= 15 is 4.79 Å². The highest BCUT2D eigenvalue weighted by molar-refractivity contribution is 9.10. The number of likely N-dealkylation sites (tertiary alicyclic amines) is 1. The van der Waals surface area contributed by atoms with Crippen molar-refractivity contribution < 1.29 is 24.3 Å². The van der Waals surface area contributed by atoms with Crippen LogP contribution < -0.4 is 5.43 Å². The number of carbonyl (C=O) groups is 4. The van der Waals surface area contributed by atoms with Crippen LogP contribution in [0.15, 0.2) is 88.9 Å². The predicted octanol–water partition coefficient (Wildman–Crippen LogP) is 5.86. The van der Waals surface area contributed by atoms with Crippen LogP contribution in [0.3, 0.4) is 0 Å². The second-order valence-electron chi connectivity index (χ2n) is 12.6. The van der Waals surface area contributed by atoms with E-state index in [0.717, 1.165) is 16.1 Å². The SMILES string of the molecule is CCCN1C(=O)C2CC=C3C(CC4C(=O)N(Nc5ccc(C)cc5)C(=O)C4(c4ccccc4)C3c3cc(Br)ccc3O)C2C1=O. The number of fused-ring (bicyclic) bond motifs is 4. The van der Waals surface area contributed by atoms with Crippen LogP contribution in [0.2, 0.25) is 0 Å². The molecule has 0 spiro atoms. The van der Waals surface area contributed by atoms with Crippen molar-refractivity contribution in [3.05, 3.63) is 106 Å². The topological polar surface area (TPSA) is 107 Å². The maximum absolute atomic E-state index is 15.1. The number of rotatable bonds is 6. The Hall–Kier alpha value is -4.24. The Balaban J connectivity index is 1.46. The van der Waals surface area contributed by atoms with Gasteiger partial charge in [-0.05, 0) is 68.0 Å². The van der Waals surface area contributed by atoms with E-state index in [4.69, 9.17) is 0 Å². The van der Waals surface area contributed by atoms with Crippen LogP contribution in [0, 0.1) is 30.6 Å². The Morgan fingerprint density at radius 2 is 1.67 bits per heavy atom. The summed E-state index contributed by atoms with van der Waals surface area (Å²) in [5.41, 5.74) is 5.29. The van der Waals surface area contributed by atoms with Crippen LogP contribution in [-0.4, -0.2) is 45.2 Å². The third kappa shape index (κ3) is 4.30. The highest BCUT2D eigenvalue weighted by Crippen LogP contribution is 2.65. The molecule has 2 aliphatic heterocycles. The summed E-state index contributed by atoms with van der Waals surface area (Å²) >= 11 is 3.56. The molecular formula is C36H34BrN3O5. The van der Waals surface area contributed by atoms with Crippen molar-refractivity contribution in [2.75, 3.05) is 12.0 Å². The molecule has 3 fully saturated rings. The lowest BCUT2D eigenvalue weighted by Crippen LogP contribution is -2.53. The Kier molecular flexibility index (Phi) is 7.19. The van der Waals surface area contributed by atoms with E-state index in [2.05, 4.69) is 21.4 Å². The molecule has 7 rings (SSSR count). The summed E-state index contributed by atoms with van der Waals surface area (Å²) < 4.78 is 0.708. The lowest BCUT2D eigenvalue weighted by Gasteiger charge is -2.50. The van der Waals surface area contributed by atoms with E-state index < -0.39 is 46.8 Å². The van der Waals surface area contributed by atoms with Crippen LogP contribution >= 0.6 is 15.9 Å². The number of aryl methyl sites for hydroxylation is 1. The van der Waals surface area contributed by atoms with Crippen LogP contribution in [0.4, 0.5) is 5.69 Å². The zero-order valence-corrected chi connectivity index (χ0v) is 26.7. The molecular weight excluding hydrogens is 634 g/mol. The maximum atomic E-state index is 15.1. The first-order valence-electron chi connectivity index (χ1n) is 15.5. The zero-order chi connectivity index (χ0) is 31.6. The zero-order valence-electron chi connectivity index (χ0n) is 25.1. The van der Waals surface area contributed by atoms with E-state index in [-0.39, 0.29) is 24.0 Å². The number of nitrogens with one attached hydrogen (secondary N) is 1. The van der Waals surface area contributed by atoms with Gasteiger partial charge in [0.15, 0.2) is 0 Å². The van der Waals surface area contributed by atoms with Crippen molar-refractivity contribution in [1.82, 2.24) is 9.91 Å². The van der Waals surface area contributed by atoms with Crippen molar-refractivity contribution in [3.63, 3.8) is 0 Å². The summed E-state index contributed by atoms with van der Waals surface area (Å²) in [5.74, 6) is -4.42. The summed E-state index contributed by atoms with van der Waals surface area (Å²) in [6, 6.07) is 21.9. The largest absolute Gasteiger partial charge is 0.508 e. The number of allylic oxidation sites excluding steroid dienone is 2. The lowest BCUT2D eigenvalue weighted by atomic mass is 9.49. The fraction of sp³-hybridized carbons (Fsp3) is 0.333. The number of amides is 4. The number of hydrazine groups is 1. The Labute approximate surface area is 270 Å². The minimum absolute atomic E-state index is 0.00689. The molecule has 2 N–H and O–H groups in total. The van der Waals surface area contributed by atoms with Gasteiger partial charge in [-0.3, -0.25) is 29.5 Å². The predicted molar refractivity (Wildman–Crippen MR) is 172 cm³/mol. The smallest absolute Gasteiger partial charge is 0.260 e. The van der Waals surface area contributed by atoms with E-state index in [1.807, 2.05) is 74.5 Å². The first kappa shape index (κ1) is 29.5. The number of imide groups is 2. The quantitative estimate of drug-likeness (QED) is 0.252. The maximum Gasteiger partial charge on any atom is 0.260 e. The van der Waals surface area contributed by atoms with Gasteiger partial charge in [0.1, 0.15) is 5.75 Å². The Morgan fingerprint density at radius 1 is 0.933 bits per heavy atom. The van der Waals surface area contributed by atoms with Crippen LogP contribution in [0.1, 0.15) is 48.8 Å². The van der Waals surface area contributed by atoms with Gasteiger partial charge >= 0.3 is 0 Å². The minimum atomic E-state index is -1.42. The van der Waals surface area contributed by atoms with Crippen molar-refractivity contribution in [2.24, 2.45) is 23.7 Å². The highest BCUT2D eigenvalue weighted by Gasteiger charge is 2.70. The first-order chi connectivity index (χ1) is 21.7. The molecule has 6 atom stereocenters. The molecule has 0 bridgehead atoms. The molecule has 45 heavy (non-hydrogen) atoms. The number of nitrogens with zero attached hydrogens (tertiary/aromatic N) is 2. The third-order valence-corrected chi connectivity index (χ3v) is 10.7. The highest BCUT2D eigenvalue weighted by atomic mass is 79.9. The number of phenols is 1. The number of benzene rings is 3.